The minimum Gasteiger partial charge on any atom is -0.469 e. The number of hydrogen-bond donors (Lipinski definition) is 0. The van der Waals surface area contributed by atoms with Crippen molar-refractivity contribution >= 4 is 23.9 Å². The number of benzene rings is 4. The molecule has 390 valence electrons. The summed E-state index contributed by atoms with van der Waals surface area (Å²) in [5.74, 6) is -2.25. The van der Waals surface area contributed by atoms with Crippen LogP contribution in [0.15, 0.2) is 121 Å². The summed E-state index contributed by atoms with van der Waals surface area (Å²) in [6, 6.07) is 38.9. The van der Waals surface area contributed by atoms with Gasteiger partial charge in [0.05, 0.1) is 40.1 Å². The Morgan fingerprint density at radius 1 is 0.444 bits per heavy atom. The summed E-state index contributed by atoms with van der Waals surface area (Å²) in [6.45, 7) is 4.28. The zero-order valence-corrected chi connectivity index (χ0v) is 41.8. The van der Waals surface area contributed by atoms with Crippen LogP contribution >= 0.6 is 0 Å². The summed E-state index contributed by atoms with van der Waals surface area (Å²) in [5, 5.41) is 0. The number of ether oxygens (including phenoxy) is 12. The third-order valence-corrected chi connectivity index (χ3v) is 12.1. The molecule has 4 aromatic carbocycles. The number of unbranched alkanes of at least 4 members (excludes halogenated alkanes) is 5. The molecule has 0 saturated carbocycles. The molecule has 0 spiro atoms. The van der Waals surface area contributed by atoms with Gasteiger partial charge < -0.3 is 56.8 Å². The van der Waals surface area contributed by atoms with E-state index in [1.807, 2.05) is 121 Å². The second-order valence-corrected chi connectivity index (χ2v) is 17.7. The van der Waals surface area contributed by atoms with Gasteiger partial charge >= 0.3 is 23.9 Å². The van der Waals surface area contributed by atoms with Crippen LogP contribution in [0.25, 0.3) is 0 Å². The van der Waals surface area contributed by atoms with Gasteiger partial charge in [0, 0.05) is 33.8 Å². The summed E-state index contributed by atoms with van der Waals surface area (Å²) in [6.07, 6.45) is -6.15. The molecule has 10 atom stereocenters. The van der Waals surface area contributed by atoms with E-state index < -0.39 is 79.3 Å². The largest absolute Gasteiger partial charge is 0.469 e. The molecule has 0 bridgehead atoms. The molecule has 2 aliphatic rings. The minimum atomic E-state index is -1.37. The van der Waals surface area contributed by atoms with E-state index in [0.29, 0.717) is 12.8 Å². The van der Waals surface area contributed by atoms with Crippen LogP contribution < -0.4 is 0 Å². The van der Waals surface area contributed by atoms with Crippen LogP contribution in [0.4, 0.5) is 0 Å². The average molecular weight is 999 g/mol. The lowest BCUT2D eigenvalue weighted by atomic mass is 9.96. The highest BCUT2D eigenvalue weighted by Gasteiger charge is 2.56. The van der Waals surface area contributed by atoms with Gasteiger partial charge in [0.1, 0.15) is 37.1 Å². The monoisotopic (exact) mass is 998 g/mol. The molecule has 4 aromatic rings. The Bertz CT molecular complexity index is 2180. The molecule has 2 fully saturated rings. The summed E-state index contributed by atoms with van der Waals surface area (Å²) in [7, 11) is 1.38. The standard InChI is InChI=1S/C56H70O16/c1-39(57)64-38-47-50(68-40(2)58)52(69-41(3)59)54(55(70-47)63-32-22-8-6-5-7-21-31-48(60)61-4)72-56-53(67-36-45-29-19-12-20-30-45)51(66-35-44-27-17-11-18-28-44)49(65-34-43-25-15-10-16-26-43)46(71-56)37-62-33-42-23-13-9-14-24-42/h9-20,23-30,46-47,49-56H,5-8,21-22,31-38H2,1-4H3. The fraction of sp³-hybridized carbons (Fsp3) is 0.500. The van der Waals surface area contributed by atoms with Crippen molar-refractivity contribution in [2.24, 2.45) is 0 Å². The van der Waals surface area contributed by atoms with E-state index in [1.54, 1.807) is 0 Å². The van der Waals surface area contributed by atoms with Crippen LogP contribution in [-0.2, 0) is 102 Å². The Hall–Kier alpha value is -5.56. The first-order valence-electron chi connectivity index (χ1n) is 24.8. The van der Waals surface area contributed by atoms with Gasteiger partial charge in [-0.15, -0.1) is 0 Å². The molecule has 16 heteroatoms. The SMILES string of the molecule is COC(=O)CCCCCCCCOC1OC(COC(C)=O)C(OC(C)=O)C(OC(C)=O)C1OC1OC(COCc2ccccc2)C(OCc2ccccc2)C(OCc2ccccc2)C1OCc1ccccc1. The highest BCUT2D eigenvalue weighted by molar-refractivity contribution is 5.69. The highest BCUT2D eigenvalue weighted by atomic mass is 16.8. The minimum absolute atomic E-state index is 0.0303. The van der Waals surface area contributed by atoms with Crippen molar-refractivity contribution < 1.29 is 76.0 Å². The molecule has 0 aliphatic carbocycles. The number of methoxy groups -OCH3 is 1. The van der Waals surface area contributed by atoms with Crippen molar-refractivity contribution in [3.63, 3.8) is 0 Å². The van der Waals surface area contributed by atoms with Crippen LogP contribution in [-0.4, -0.2) is 112 Å². The predicted molar refractivity (Wildman–Crippen MR) is 261 cm³/mol. The van der Waals surface area contributed by atoms with Crippen LogP contribution in [0, 0.1) is 0 Å². The third-order valence-electron chi connectivity index (χ3n) is 12.1. The Kier molecular flexibility index (Phi) is 23.6. The van der Waals surface area contributed by atoms with E-state index in [9.17, 15) is 19.2 Å². The molecule has 0 aromatic heterocycles. The quantitative estimate of drug-likeness (QED) is 0.0289. The van der Waals surface area contributed by atoms with Gasteiger partial charge in [-0.1, -0.05) is 147 Å². The Morgan fingerprint density at radius 2 is 0.903 bits per heavy atom. The van der Waals surface area contributed by atoms with Gasteiger partial charge in [-0.25, -0.2) is 0 Å². The van der Waals surface area contributed by atoms with Crippen LogP contribution in [0.1, 0.15) is 88.0 Å². The normalized spacial score (nSPS) is 23.9. The van der Waals surface area contributed by atoms with Crippen molar-refractivity contribution in [2.75, 3.05) is 26.9 Å². The lowest BCUT2D eigenvalue weighted by Gasteiger charge is -2.49. The van der Waals surface area contributed by atoms with Gasteiger partial charge in [-0.2, -0.15) is 0 Å². The topological polar surface area (TPSA) is 179 Å². The van der Waals surface area contributed by atoms with Gasteiger partial charge in [0.2, 0.25) is 0 Å². The molecule has 0 radical (unpaired) electrons. The Balaban J connectivity index is 1.37. The first-order valence-corrected chi connectivity index (χ1v) is 24.8. The molecular formula is C56H70O16. The van der Waals surface area contributed by atoms with Crippen LogP contribution in [0.5, 0.6) is 0 Å². The van der Waals surface area contributed by atoms with E-state index >= 15 is 0 Å². The average Bonchev–Trinajstić information content (AvgIpc) is 3.38. The van der Waals surface area contributed by atoms with Gasteiger partial charge in [0.15, 0.2) is 30.9 Å². The molecule has 0 N–H and O–H groups in total. The summed E-state index contributed by atoms with van der Waals surface area (Å²) in [5.41, 5.74) is 3.63. The molecule has 72 heavy (non-hydrogen) atoms. The second kappa shape index (κ2) is 30.5. The number of hydrogen-bond acceptors (Lipinski definition) is 16. The first-order chi connectivity index (χ1) is 35.1. The van der Waals surface area contributed by atoms with E-state index in [0.717, 1.165) is 54.4 Å². The maximum Gasteiger partial charge on any atom is 0.305 e. The van der Waals surface area contributed by atoms with Crippen molar-refractivity contribution in [3.8, 4) is 0 Å². The van der Waals surface area contributed by atoms with Crippen molar-refractivity contribution in [3.05, 3.63) is 144 Å². The number of carbonyl (C=O) groups excluding carboxylic acids is 4. The first kappa shape index (κ1) is 55.7. The van der Waals surface area contributed by atoms with E-state index in [4.69, 9.17) is 56.8 Å². The molecular weight excluding hydrogens is 929 g/mol. The van der Waals surface area contributed by atoms with Crippen molar-refractivity contribution in [1.29, 1.82) is 0 Å². The third kappa shape index (κ3) is 18.5. The maximum atomic E-state index is 13.1. The fourth-order valence-corrected chi connectivity index (χ4v) is 8.54. The van der Waals surface area contributed by atoms with Gasteiger partial charge in [-0.05, 0) is 35.1 Å². The molecule has 10 unspecified atom stereocenters. The summed E-state index contributed by atoms with van der Waals surface area (Å²) < 4.78 is 76.2. The maximum absolute atomic E-state index is 13.1. The van der Waals surface area contributed by atoms with E-state index in [1.165, 1.54) is 27.9 Å². The Morgan fingerprint density at radius 3 is 1.43 bits per heavy atom. The smallest absolute Gasteiger partial charge is 0.305 e. The van der Waals surface area contributed by atoms with E-state index in [2.05, 4.69) is 0 Å². The summed E-state index contributed by atoms with van der Waals surface area (Å²) >= 11 is 0. The second-order valence-electron chi connectivity index (χ2n) is 17.7. The van der Waals surface area contributed by atoms with Gasteiger partial charge in [0.25, 0.3) is 0 Å². The van der Waals surface area contributed by atoms with Crippen LogP contribution in [0.3, 0.4) is 0 Å². The lowest BCUT2D eigenvalue weighted by Crippen LogP contribution is -2.66. The lowest BCUT2D eigenvalue weighted by molar-refractivity contribution is -0.377. The van der Waals surface area contributed by atoms with Crippen LogP contribution in [0.2, 0.25) is 0 Å². The molecule has 2 aliphatic heterocycles. The van der Waals surface area contributed by atoms with Gasteiger partial charge in [-0.3, -0.25) is 19.2 Å². The molecule has 16 nitrogen and oxygen atoms in total. The predicted octanol–water partition coefficient (Wildman–Crippen LogP) is 8.14. The zero-order valence-electron chi connectivity index (χ0n) is 41.8. The number of rotatable bonds is 29. The van der Waals surface area contributed by atoms with Crippen molar-refractivity contribution in [2.45, 2.75) is 154 Å². The van der Waals surface area contributed by atoms with E-state index in [-0.39, 0.29) is 52.2 Å². The molecule has 2 saturated heterocycles. The molecule has 0 amide bonds. The Labute approximate surface area is 422 Å². The highest BCUT2D eigenvalue weighted by Crippen LogP contribution is 2.36. The molecule has 2 heterocycles. The van der Waals surface area contributed by atoms with Crippen molar-refractivity contribution in [1.82, 2.24) is 0 Å². The number of carbonyl (C=O) groups is 4. The zero-order chi connectivity index (χ0) is 50.9. The summed E-state index contributed by atoms with van der Waals surface area (Å²) in [4.78, 5) is 49.7. The fourth-order valence-electron chi connectivity index (χ4n) is 8.54. The molecule has 6 rings (SSSR count). The number of esters is 4.